The molecule has 2 atom stereocenters. The lowest BCUT2D eigenvalue weighted by Crippen LogP contribution is -2.52. The second-order valence-electron chi connectivity index (χ2n) is 10.6. The Bertz CT molecular complexity index is 966. The number of carbonyl (C=O) groups is 3. The van der Waals surface area contributed by atoms with E-state index in [9.17, 15) is 18.8 Å². The van der Waals surface area contributed by atoms with Gasteiger partial charge in [0.2, 0.25) is 11.8 Å². The summed E-state index contributed by atoms with van der Waals surface area (Å²) in [5.41, 5.74) is 0.664. The number of nitrogens with one attached hydrogen (secondary N) is 1. The zero-order valence-electron chi connectivity index (χ0n) is 22.2. The van der Waals surface area contributed by atoms with E-state index in [1.807, 2.05) is 24.1 Å². The van der Waals surface area contributed by atoms with Gasteiger partial charge in [0.05, 0.1) is 12.0 Å². The van der Waals surface area contributed by atoms with Gasteiger partial charge in [0.1, 0.15) is 12.4 Å². The molecule has 0 aliphatic carbocycles. The van der Waals surface area contributed by atoms with E-state index in [1.165, 1.54) is 12.1 Å². The van der Waals surface area contributed by atoms with Gasteiger partial charge in [0.15, 0.2) is 0 Å². The maximum Gasteiger partial charge on any atom is 0.407 e. The molecule has 1 spiro atoms. The average molecular weight is 518 g/mol. The standard InChI is InChI=1S/C27H40FN5O4/c1-4-37-26(36)29-18-24(34)32-13-10-27(11-14-32)17-23(30(3)25(27)35)9-12-31-15-16-33(20(2)19-31)22-7-5-21(28)6-8-22/h5-8,20,23H,4,9-19H2,1-3H3,(H,29,36)/t20-,23+/m1/s1. The number of nitrogens with zero attached hydrogens (tertiary/aromatic N) is 4. The van der Waals surface area contributed by atoms with Crippen LogP contribution in [0.25, 0.3) is 0 Å². The average Bonchev–Trinajstić information content (AvgIpc) is 3.12. The van der Waals surface area contributed by atoms with Crippen LogP contribution in [0, 0.1) is 11.2 Å². The maximum absolute atomic E-state index is 13.3. The normalized spacial score (nSPS) is 24.0. The van der Waals surface area contributed by atoms with Crippen molar-refractivity contribution in [3.05, 3.63) is 30.1 Å². The van der Waals surface area contributed by atoms with E-state index in [1.54, 1.807) is 11.8 Å². The van der Waals surface area contributed by atoms with Crippen LogP contribution in [0.1, 0.15) is 39.5 Å². The minimum atomic E-state index is -0.592. The largest absolute Gasteiger partial charge is 0.450 e. The van der Waals surface area contributed by atoms with Gasteiger partial charge in [-0.3, -0.25) is 14.5 Å². The second kappa shape index (κ2) is 11.7. The third-order valence-corrected chi connectivity index (χ3v) is 8.33. The molecular formula is C27H40FN5O4. The minimum Gasteiger partial charge on any atom is -0.450 e. The van der Waals surface area contributed by atoms with Crippen LogP contribution in [-0.2, 0) is 14.3 Å². The summed E-state index contributed by atoms with van der Waals surface area (Å²) in [6.45, 7) is 8.84. The number of carbonyl (C=O) groups excluding carboxylic acids is 3. The summed E-state index contributed by atoms with van der Waals surface area (Å²) in [6, 6.07) is 7.24. The van der Waals surface area contributed by atoms with Crippen molar-refractivity contribution in [1.82, 2.24) is 20.0 Å². The highest BCUT2D eigenvalue weighted by Crippen LogP contribution is 2.44. The van der Waals surface area contributed by atoms with Crippen molar-refractivity contribution in [2.45, 2.75) is 51.6 Å². The van der Waals surface area contributed by atoms with Gasteiger partial charge in [-0.15, -0.1) is 0 Å². The molecular weight excluding hydrogens is 477 g/mol. The van der Waals surface area contributed by atoms with E-state index in [2.05, 4.69) is 22.0 Å². The van der Waals surface area contributed by atoms with Gasteiger partial charge in [0.25, 0.3) is 0 Å². The number of ether oxygens (including phenoxy) is 1. The molecule has 4 rings (SSSR count). The fraction of sp³-hybridized carbons (Fsp3) is 0.667. The number of piperazine rings is 1. The first-order chi connectivity index (χ1) is 17.7. The summed E-state index contributed by atoms with van der Waals surface area (Å²) in [6.07, 6.45) is 2.48. The molecule has 0 saturated carbocycles. The molecule has 0 unspecified atom stereocenters. The lowest BCUT2D eigenvalue weighted by atomic mass is 9.75. The zero-order valence-corrected chi connectivity index (χ0v) is 22.2. The van der Waals surface area contributed by atoms with Gasteiger partial charge < -0.3 is 24.8 Å². The number of halogens is 1. The fourth-order valence-corrected chi connectivity index (χ4v) is 6.14. The van der Waals surface area contributed by atoms with Crippen LogP contribution < -0.4 is 10.2 Å². The Morgan fingerprint density at radius 3 is 2.49 bits per heavy atom. The highest BCUT2D eigenvalue weighted by molar-refractivity contribution is 5.86. The van der Waals surface area contributed by atoms with Crippen molar-refractivity contribution in [3.8, 4) is 0 Å². The molecule has 1 aromatic rings. The summed E-state index contributed by atoms with van der Waals surface area (Å²) in [5, 5.41) is 2.48. The van der Waals surface area contributed by atoms with Crippen molar-refractivity contribution in [2.24, 2.45) is 5.41 Å². The first kappa shape index (κ1) is 27.2. The van der Waals surface area contributed by atoms with Gasteiger partial charge >= 0.3 is 6.09 Å². The van der Waals surface area contributed by atoms with Gasteiger partial charge in [-0.05, 0) is 63.8 Å². The van der Waals surface area contributed by atoms with Crippen LogP contribution >= 0.6 is 0 Å². The highest BCUT2D eigenvalue weighted by atomic mass is 19.1. The van der Waals surface area contributed by atoms with Crippen LogP contribution in [0.2, 0.25) is 0 Å². The molecule has 0 radical (unpaired) electrons. The molecule has 3 aliphatic heterocycles. The van der Waals surface area contributed by atoms with Crippen LogP contribution in [-0.4, -0.2) is 104 Å². The van der Waals surface area contributed by atoms with Gasteiger partial charge in [-0.1, -0.05) is 0 Å². The molecule has 1 aromatic carbocycles. The van der Waals surface area contributed by atoms with Gasteiger partial charge in [0, 0.05) is 64.1 Å². The SMILES string of the molecule is CCOC(=O)NCC(=O)N1CCC2(CC1)C[C@H](CCN1CCN(c3ccc(F)cc3)[C@H](C)C1)N(C)C2=O. The predicted molar refractivity (Wildman–Crippen MR) is 139 cm³/mol. The number of hydrogen-bond donors (Lipinski definition) is 1. The van der Waals surface area contributed by atoms with E-state index < -0.39 is 6.09 Å². The molecule has 37 heavy (non-hydrogen) atoms. The number of amides is 3. The molecule has 10 heteroatoms. The molecule has 1 N–H and O–H groups in total. The van der Waals surface area contributed by atoms with Crippen LogP contribution in [0.15, 0.2) is 24.3 Å². The second-order valence-corrected chi connectivity index (χ2v) is 10.6. The van der Waals surface area contributed by atoms with E-state index in [4.69, 9.17) is 4.74 Å². The Morgan fingerprint density at radius 1 is 1.14 bits per heavy atom. The van der Waals surface area contributed by atoms with Crippen molar-refractivity contribution in [2.75, 3.05) is 64.4 Å². The minimum absolute atomic E-state index is 0.0881. The number of rotatable bonds is 7. The van der Waals surface area contributed by atoms with Gasteiger partial charge in [-0.2, -0.15) is 0 Å². The van der Waals surface area contributed by atoms with E-state index in [0.29, 0.717) is 32.0 Å². The summed E-state index contributed by atoms with van der Waals surface area (Å²) in [5.74, 6) is -0.165. The number of anilines is 1. The van der Waals surface area contributed by atoms with E-state index in [0.717, 1.165) is 44.7 Å². The monoisotopic (exact) mass is 517 g/mol. The van der Waals surface area contributed by atoms with Crippen LogP contribution in [0.3, 0.4) is 0 Å². The lowest BCUT2D eigenvalue weighted by Gasteiger charge is -2.41. The molecule has 204 valence electrons. The lowest BCUT2D eigenvalue weighted by molar-refractivity contribution is -0.141. The quantitative estimate of drug-likeness (QED) is 0.598. The van der Waals surface area contributed by atoms with Crippen LogP contribution in [0.4, 0.5) is 14.9 Å². The number of benzene rings is 1. The summed E-state index contributed by atoms with van der Waals surface area (Å²) < 4.78 is 18.1. The third kappa shape index (κ3) is 6.17. The predicted octanol–water partition coefficient (Wildman–Crippen LogP) is 2.31. The molecule has 0 aromatic heterocycles. The Balaban J connectivity index is 1.24. The van der Waals surface area contributed by atoms with E-state index in [-0.39, 0.29) is 42.2 Å². The molecule has 3 heterocycles. The molecule has 3 saturated heterocycles. The molecule has 9 nitrogen and oxygen atoms in total. The van der Waals surface area contributed by atoms with Gasteiger partial charge in [-0.25, -0.2) is 9.18 Å². The van der Waals surface area contributed by atoms with E-state index >= 15 is 0 Å². The van der Waals surface area contributed by atoms with Crippen molar-refractivity contribution in [1.29, 1.82) is 0 Å². The maximum atomic E-state index is 13.3. The van der Waals surface area contributed by atoms with Crippen molar-refractivity contribution >= 4 is 23.6 Å². The topological polar surface area (TPSA) is 85.4 Å². The zero-order chi connectivity index (χ0) is 26.6. The Kier molecular flexibility index (Phi) is 8.56. The Labute approximate surface area is 218 Å². The number of hydrogen-bond acceptors (Lipinski definition) is 6. The number of likely N-dealkylation sites (tertiary alicyclic amines) is 2. The highest BCUT2D eigenvalue weighted by Gasteiger charge is 2.51. The first-order valence-electron chi connectivity index (χ1n) is 13.4. The molecule has 0 bridgehead atoms. The molecule has 3 amide bonds. The van der Waals surface area contributed by atoms with Crippen molar-refractivity contribution in [3.63, 3.8) is 0 Å². The molecule has 3 fully saturated rings. The number of piperidine rings is 1. The number of alkyl carbamates (subject to hydrolysis) is 1. The molecule has 3 aliphatic rings. The third-order valence-electron chi connectivity index (χ3n) is 8.33. The summed E-state index contributed by atoms with van der Waals surface area (Å²) in [7, 11) is 1.91. The smallest absolute Gasteiger partial charge is 0.407 e. The van der Waals surface area contributed by atoms with Crippen LogP contribution in [0.5, 0.6) is 0 Å². The van der Waals surface area contributed by atoms with Crippen molar-refractivity contribution < 1.29 is 23.5 Å². The summed E-state index contributed by atoms with van der Waals surface area (Å²) in [4.78, 5) is 45.7. The fourth-order valence-electron chi connectivity index (χ4n) is 6.14. The Morgan fingerprint density at radius 2 is 1.84 bits per heavy atom. The first-order valence-corrected chi connectivity index (χ1v) is 13.4. The Hall–Kier alpha value is -2.88. The summed E-state index contributed by atoms with van der Waals surface area (Å²) >= 11 is 0.